The van der Waals surface area contributed by atoms with E-state index < -0.39 is 0 Å². The number of pyridine rings is 1. The minimum Gasteiger partial charge on any atom is -0.465 e. The molecule has 0 aliphatic heterocycles. The summed E-state index contributed by atoms with van der Waals surface area (Å²) in [6.07, 6.45) is 3.51. The average Bonchev–Trinajstić information content (AvgIpc) is 2.93. The van der Waals surface area contributed by atoms with Crippen molar-refractivity contribution < 1.29 is 9.53 Å². The summed E-state index contributed by atoms with van der Waals surface area (Å²) in [5.41, 5.74) is 5.80. The molecule has 1 aromatic carbocycles. The maximum absolute atomic E-state index is 12.5. The van der Waals surface area contributed by atoms with Gasteiger partial charge in [-0.1, -0.05) is 12.1 Å². The Balaban J connectivity index is 2.17. The van der Waals surface area contributed by atoms with Crippen LogP contribution < -0.4 is 0 Å². The number of esters is 1. The number of aromatic nitrogens is 2. The van der Waals surface area contributed by atoms with Crippen LogP contribution in [0.5, 0.6) is 0 Å². The van der Waals surface area contributed by atoms with E-state index in [1.54, 1.807) is 24.5 Å². The Labute approximate surface area is 152 Å². The van der Waals surface area contributed by atoms with Crippen LogP contribution in [0.15, 0.2) is 48.8 Å². The number of ether oxygens (including phenoxy) is 1. The molecule has 0 N–H and O–H groups in total. The van der Waals surface area contributed by atoms with Gasteiger partial charge in [-0.05, 0) is 49.2 Å². The summed E-state index contributed by atoms with van der Waals surface area (Å²) in [7, 11) is 1.39. The SMILES string of the molecule is COC(=O)c1c(-c2ccc(C#N)cc2)c(C)n(Cc2ccncc2)c1C. The standard InChI is InChI=1S/C21H19N3O2/c1-14-19(18-6-4-16(12-22)5-7-18)20(21(25)26-3)15(2)24(14)13-17-8-10-23-11-9-17/h4-11H,13H2,1-3H3. The van der Waals surface area contributed by atoms with Gasteiger partial charge in [0.05, 0.1) is 24.3 Å². The summed E-state index contributed by atoms with van der Waals surface area (Å²) in [5, 5.41) is 9.01. The Morgan fingerprint density at radius 1 is 1.12 bits per heavy atom. The molecule has 5 heteroatoms. The Morgan fingerprint density at radius 3 is 2.35 bits per heavy atom. The van der Waals surface area contributed by atoms with Gasteiger partial charge >= 0.3 is 5.97 Å². The molecule has 3 aromatic rings. The maximum Gasteiger partial charge on any atom is 0.340 e. The largest absolute Gasteiger partial charge is 0.465 e. The van der Waals surface area contributed by atoms with Gasteiger partial charge in [0, 0.05) is 35.9 Å². The van der Waals surface area contributed by atoms with Crippen molar-refractivity contribution in [1.29, 1.82) is 5.26 Å². The molecular weight excluding hydrogens is 326 g/mol. The smallest absolute Gasteiger partial charge is 0.340 e. The summed E-state index contributed by atoms with van der Waals surface area (Å²) >= 11 is 0. The normalized spacial score (nSPS) is 10.4. The fraction of sp³-hybridized carbons (Fsp3) is 0.190. The fourth-order valence-electron chi connectivity index (χ4n) is 3.21. The van der Waals surface area contributed by atoms with E-state index in [4.69, 9.17) is 10.00 Å². The number of benzene rings is 1. The van der Waals surface area contributed by atoms with E-state index in [-0.39, 0.29) is 5.97 Å². The number of methoxy groups -OCH3 is 1. The summed E-state index contributed by atoms with van der Waals surface area (Å²) in [5.74, 6) is -0.363. The molecule has 2 heterocycles. The van der Waals surface area contributed by atoms with Crippen molar-refractivity contribution in [1.82, 2.24) is 9.55 Å². The van der Waals surface area contributed by atoms with Gasteiger partial charge in [-0.3, -0.25) is 4.98 Å². The molecule has 0 amide bonds. The molecule has 130 valence electrons. The number of hydrogen-bond acceptors (Lipinski definition) is 4. The molecule has 0 radical (unpaired) electrons. The topological polar surface area (TPSA) is 67.9 Å². The van der Waals surface area contributed by atoms with Crippen molar-refractivity contribution in [3.63, 3.8) is 0 Å². The van der Waals surface area contributed by atoms with Crippen LogP contribution in [-0.4, -0.2) is 22.6 Å². The first kappa shape index (κ1) is 17.4. The van der Waals surface area contributed by atoms with Gasteiger partial charge in [-0.25, -0.2) is 4.79 Å². The van der Waals surface area contributed by atoms with Gasteiger partial charge in [-0.2, -0.15) is 5.26 Å². The van der Waals surface area contributed by atoms with E-state index in [0.29, 0.717) is 17.7 Å². The Hall–Kier alpha value is -3.39. The molecule has 0 saturated heterocycles. The molecule has 3 rings (SSSR count). The Bertz CT molecular complexity index is 981. The lowest BCUT2D eigenvalue weighted by Crippen LogP contribution is -2.07. The molecule has 2 aromatic heterocycles. The number of rotatable bonds is 4. The van der Waals surface area contributed by atoms with E-state index in [0.717, 1.165) is 28.1 Å². The molecule has 0 aliphatic carbocycles. The average molecular weight is 345 g/mol. The van der Waals surface area contributed by atoms with Gasteiger partial charge in [0.15, 0.2) is 0 Å². The number of hydrogen-bond donors (Lipinski definition) is 0. The van der Waals surface area contributed by atoms with Crippen LogP contribution in [0, 0.1) is 25.2 Å². The Morgan fingerprint density at radius 2 is 1.77 bits per heavy atom. The van der Waals surface area contributed by atoms with E-state index in [9.17, 15) is 4.79 Å². The second kappa shape index (κ2) is 7.24. The van der Waals surface area contributed by atoms with Crippen LogP contribution in [0.2, 0.25) is 0 Å². The third kappa shape index (κ3) is 3.09. The third-order valence-electron chi connectivity index (χ3n) is 4.57. The molecule has 0 fully saturated rings. The number of carbonyl (C=O) groups is 1. The van der Waals surface area contributed by atoms with Gasteiger partial charge in [0.2, 0.25) is 0 Å². The van der Waals surface area contributed by atoms with Crippen molar-refractivity contribution in [2.75, 3.05) is 7.11 Å². The molecule has 0 atom stereocenters. The quantitative estimate of drug-likeness (QED) is 0.673. The zero-order chi connectivity index (χ0) is 18.7. The lowest BCUT2D eigenvalue weighted by atomic mass is 9.99. The highest BCUT2D eigenvalue weighted by molar-refractivity contribution is 5.99. The third-order valence-corrected chi connectivity index (χ3v) is 4.57. The van der Waals surface area contributed by atoms with Crippen molar-refractivity contribution in [3.8, 4) is 17.2 Å². The summed E-state index contributed by atoms with van der Waals surface area (Å²) < 4.78 is 7.13. The highest BCUT2D eigenvalue weighted by Crippen LogP contribution is 2.33. The first-order valence-electron chi connectivity index (χ1n) is 8.24. The predicted octanol–water partition coefficient (Wildman–Crippen LogP) is 3.87. The number of carbonyl (C=O) groups excluding carboxylic acids is 1. The molecule has 5 nitrogen and oxygen atoms in total. The summed E-state index contributed by atoms with van der Waals surface area (Å²) in [4.78, 5) is 16.5. The zero-order valence-electron chi connectivity index (χ0n) is 15.0. The van der Waals surface area contributed by atoms with Gasteiger partial charge < -0.3 is 9.30 Å². The maximum atomic E-state index is 12.5. The van der Waals surface area contributed by atoms with Crippen LogP contribution in [0.25, 0.3) is 11.1 Å². The Kier molecular flexibility index (Phi) is 4.85. The lowest BCUT2D eigenvalue weighted by molar-refractivity contribution is 0.0600. The molecule has 0 unspecified atom stereocenters. The highest BCUT2D eigenvalue weighted by atomic mass is 16.5. The van der Waals surface area contributed by atoms with E-state index in [1.165, 1.54) is 7.11 Å². The summed E-state index contributed by atoms with van der Waals surface area (Å²) in [6.45, 7) is 4.56. The number of nitriles is 1. The van der Waals surface area contributed by atoms with E-state index >= 15 is 0 Å². The van der Waals surface area contributed by atoms with E-state index in [2.05, 4.69) is 15.6 Å². The fourth-order valence-corrected chi connectivity index (χ4v) is 3.21. The van der Waals surface area contributed by atoms with Crippen molar-refractivity contribution in [2.24, 2.45) is 0 Å². The van der Waals surface area contributed by atoms with Crippen molar-refractivity contribution in [3.05, 3.63) is 76.9 Å². The second-order valence-corrected chi connectivity index (χ2v) is 6.04. The highest BCUT2D eigenvalue weighted by Gasteiger charge is 2.24. The lowest BCUT2D eigenvalue weighted by Gasteiger charge is -2.10. The predicted molar refractivity (Wildman–Crippen MR) is 98.7 cm³/mol. The van der Waals surface area contributed by atoms with E-state index in [1.807, 2.05) is 38.1 Å². The van der Waals surface area contributed by atoms with Crippen LogP contribution in [0.3, 0.4) is 0 Å². The summed E-state index contributed by atoms with van der Waals surface area (Å²) in [6, 6.07) is 13.3. The van der Waals surface area contributed by atoms with Crippen LogP contribution >= 0.6 is 0 Å². The first-order valence-corrected chi connectivity index (χ1v) is 8.24. The minimum atomic E-state index is -0.363. The first-order chi connectivity index (χ1) is 12.6. The van der Waals surface area contributed by atoms with Crippen LogP contribution in [-0.2, 0) is 11.3 Å². The van der Waals surface area contributed by atoms with Gasteiger partial charge in [0.25, 0.3) is 0 Å². The molecule has 0 aliphatic rings. The van der Waals surface area contributed by atoms with Gasteiger partial charge in [-0.15, -0.1) is 0 Å². The van der Waals surface area contributed by atoms with Crippen molar-refractivity contribution >= 4 is 5.97 Å². The van der Waals surface area contributed by atoms with Gasteiger partial charge in [0.1, 0.15) is 0 Å². The molecule has 0 saturated carbocycles. The van der Waals surface area contributed by atoms with Crippen molar-refractivity contribution in [2.45, 2.75) is 20.4 Å². The van der Waals surface area contributed by atoms with Crippen LogP contribution in [0.1, 0.15) is 32.9 Å². The number of nitrogens with zero attached hydrogens (tertiary/aromatic N) is 3. The molecule has 0 bridgehead atoms. The van der Waals surface area contributed by atoms with Crippen LogP contribution in [0.4, 0.5) is 0 Å². The molecular formula is C21H19N3O2. The monoisotopic (exact) mass is 345 g/mol. The second-order valence-electron chi connectivity index (χ2n) is 6.04. The molecule has 26 heavy (non-hydrogen) atoms. The zero-order valence-corrected chi connectivity index (χ0v) is 15.0. The minimum absolute atomic E-state index is 0.363. The molecule has 0 spiro atoms.